The van der Waals surface area contributed by atoms with Crippen molar-refractivity contribution >= 4 is 11.6 Å². The van der Waals surface area contributed by atoms with E-state index in [4.69, 9.17) is 14.7 Å². The van der Waals surface area contributed by atoms with E-state index in [9.17, 15) is 9.90 Å². The Morgan fingerprint density at radius 2 is 1.62 bits per heavy atom. The van der Waals surface area contributed by atoms with Crippen LogP contribution in [0.15, 0.2) is 59.9 Å². The van der Waals surface area contributed by atoms with Crippen LogP contribution in [0.2, 0.25) is 0 Å². The number of allylic oxidation sites excluding steroid dienone is 1. The lowest BCUT2D eigenvalue weighted by atomic mass is 10.1. The summed E-state index contributed by atoms with van der Waals surface area (Å²) in [4.78, 5) is 12.2. The minimum Gasteiger partial charge on any atom is -0.510 e. The van der Waals surface area contributed by atoms with Gasteiger partial charge in [0.25, 0.3) is 5.91 Å². The van der Waals surface area contributed by atoms with Crippen molar-refractivity contribution in [3.05, 3.63) is 59.9 Å². The minimum absolute atomic E-state index is 0.0596. The fourth-order valence-corrected chi connectivity index (χ4v) is 2.37. The van der Waals surface area contributed by atoms with Crippen molar-refractivity contribution in [1.82, 2.24) is 0 Å². The predicted octanol–water partition coefficient (Wildman–Crippen LogP) is 4.17. The summed E-state index contributed by atoms with van der Waals surface area (Å²) in [6.45, 7) is 0. The van der Waals surface area contributed by atoms with Gasteiger partial charge >= 0.3 is 0 Å². The maximum Gasteiger partial charge on any atom is 0.269 e. The summed E-state index contributed by atoms with van der Waals surface area (Å²) in [5, 5.41) is 21.6. The molecule has 2 N–H and O–H groups in total. The maximum absolute atomic E-state index is 12.2. The van der Waals surface area contributed by atoms with E-state index < -0.39 is 5.91 Å². The van der Waals surface area contributed by atoms with Crippen molar-refractivity contribution in [3.8, 4) is 23.3 Å². The number of carbonyl (C=O) groups is 1. The van der Waals surface area contributed by atoms with Crippen LogP contribution in [0.3, 0.4) is 0 Å². The van der Waals surface area contributed by atoms with Crippen LogP contribution >= 0.6 is 0 Å². The summed E-state index contributed by atoms with van der Waals surface area (Å²) in [5.74, 6) is 1.21. The van der Waals surface area contributed by atoms with E-state index in [1.165, 1.54) is 0 Å². The molecule has 2 aromatic rings. The van der Waals surface area contributed by atoms with Crippen molar-refractivity contribution in [2.45, 2.75) is 12.8 Å². The number of amides is 1. The normalized spacial score (nSPS) is 14.0. The molecule has 0 spiro atoms. The summed E-state index contributed by atoms with van der Waals surface area (Å²) in [6, 6.07) is 15.7. The molecule has 0 unspecified atom stereocenters. The average Bonchev–Trinajstić information content (AvgIpc) is 3.50. The smallest absolute Gasteiger partial charge is 0.269 e. The van der Waals surface area contributed by atoms with E-state index in [1.54, 1.807) is 61.7 Å². The standard InChI is InChI=1S/C20H18N2O4/c1-25-15-8-10-17(11-9-15)26-16-6-4-14(5-7-16)22-20(24)18(12-21)19(23)13-2-3-13/h4-11,13,23H,2-3H2,1H3,(H,22,24). The molecule has 1 aliphatic rings. The summed E-state index contributed by atoms with van der Waals surface area (Å²) in [5.41, 5.74) is 0.277. The number of nitrogens with zero attached hydrogens (tertiary/aromatic N) is 1. The maximum atomic E-state index is 12.2. The second-order valence-corrected chi connectivity index (χ2v) is 5.90. The zero-order valence-electron chi connectivity index (χ0n) is 14.2. The van der Waals surface area contributed by atoms with E-state index in [2.05, 4.69) is 5.32 Å². The Morgan fingerprint density at radius 3 is 2.12 bits per heavy atom. The molecule has 0 aliphatic heterocycles. The lowest BCUT2D eigenvalue weighted by molar-refractivity contribution is -0.112. The molecule has 3 rings (SSSR count). The van der Waals surface area contributed by atoms with Crippen molar-refractivity contribution in [2.75, 3.05) is 12.4 Å². The van der Waals surface area contributed by atoms with Crippen LogP contribution in [0.25, 0.3) is 0 Å². The monoisotopic (exact) mass is 350 g/mol. The molecule has 1 saturated carbocycles. The zero-order valence-corrected chi connectivity index (χ0v) is 14.2. The van der Waals surface area contributed by atoms with Crippen LogP contribution in [0.5, 0.6) is 17.2 Å². The molecule has 2 aromatic carbocycles. The molecule has 1 amide bonds. The number of hydrogen-bond donors (Lipinski definition) is 2. The molecule has 0 bridgehead atoms. The highest BCUT2D eigenvalue weighted by Gasteiger charge is 2.30. The van der Waals surface area contributed by atoms with Crippen LogP contribution in [0.1, 0.15) is 12.8 Å². The number of ether oxygens (including phenoxy) is 2. The van der Waals surface area contributed by atoms with Crippen LogP contribution in [-0.2, 0) is 4.79 Å². The van der Waals surface area contributed by atoms with E-state index >= 15 is 0 Å². The van der Waals surface area contributed by atoms with Crippen molar-refractivity contribution in [2.24, 2.45) is 5.92 Å². The van der Waals surface area contributed by atoms with Crippen molar-refractivity contribution < 1.29 is 19.4 Å². The number of hydrogen-bond acceptors (Lipinski definition) is 5. The largest absolute Gasteiger partial charge is 0.510 e. The number of nitriles is 1. The van der Waals surface area contributed by atoms with Crippen molar-refractivity contribution in [3.63, 3.8) is 0 Å². The van der Waals surface area contributed by atoms with Gasteiger partial charge in [-0.15, -0.1) is 0 Å². The summed E-state index contributed by atoms with van der Waals surface area (Å²) in [6.07, 6.45) is 1.61. The summed E-state index contributed by atoms with van der Waals surface area (Å²) >= 11 is 0. The van der Waals surface area contributed by atoms with E-state index in [0.29, 0.717) is 17.2 Å². The SMILES string of the molecule is COc1ccc(Oc2ccc(NC(=O)C(C#N)=C(O)C3CC3)cc2)cc1. The number of methoxy groups -OCH3 is 1. The zero-order chi connectivity index (χ0) is 18.5. The van der Waals surface area contributed by atoms with Gasteiger partial charge in [0, 0.05) is 11.6 Å². The first-order chi connectivity index (χ1) is 12.6. The molecule has 0 atom stereocenters. The topological polar surface area (TPSA) is 91.6 Å². The van der Waals surface area contributed by atoms with Gasteiger partial charge < -0.3 is 19.9 Å². The van der Waals surface area contributed by atoms with Gasteiger partial charge in [-0.1, -0.05) is 0 Å². The lowest BCUT2D eigenvalue weighted by Gasteiger charge is -2.09. The number of carbonyl (C=O) groups excluding carboxylic acids is 1. The van der Waals surface area contributed by atoms with Gasteiger partial charge in [0.2, 0.25) is 0 Å². The van der Waals surface area contributed by atoms with Gasteiger partial charge in [-0.3, -0.25) is 4.79 Å². The summed E-state index contributed by atoms with van der Waals surface area (Å²) < 4.78 is 10.8. The molecule has 6 heteroatoms. The second kappa shape index (κ2) is 7.62. The van der Waals surface area contributed by atoms with Gasteiger partial charge in [-0.2, -0.15) is 5.26 Å². The van der Waals surface area contributed by atoms with Gasteiger partial charge in [0.15, 0.2) is 5.57 Å². The third-order valence-electron chi connectivity index (χ3n) is 3.97. The Kier molecular flexibility index (Phi) is 5.09. The highest BCUT2D eigenvalue weighted by Crippen LogP contribution is 2.36. The fraction of sp³-hybridized carbons (Fsp3) is 0.200. The first kappa shape index (κ1) is 17.4. The fourth-order valence-electron chi connectivity index (χ4n) is 2.37. The number of aliphatic hydroxyl groups is 1. The Labute approximate surface area is 151 Å². The highest BCUT2D eigenvalue weighted by atomic mass is 16.5. The Morgan fingerprint density at radius 1 is 1.08 bits per heavy atom. The lowest BCUT2D eigenvalue weighted by Crippen LogP contribution is -2.15. The van der Waals surface area contributed by atoms with Crippen LogP contribution in [-0.4, -0.2) is 18.1 Å². The molecule has 0 aromatic heterocycles. The number of anilines is 1. The minimum atomic E-state index is -0.610. The number of rotatable bonds is 6. The Bertz CT molecular complexity index is 860. The van der Waals surface area contributed by atoms with Gasteiger partial charge in [0.05, 0.1) is 7.11 Å². The first-order valence-corrected chi connectivity index (χ1v) is 8.17. The quantitative estimate of drug-likeness (QED) is 0.463. The van der Waals surface area contributed by atoms with Crippen LogP contribution < -0.4 is 14.8 Å². The highest BCUT2D eigenvalue weighted by molar-refractivity contribution is 6.07. The van der Waals surface area contributed by atoms with E-state index in [0.717, 1.165) is 18.6 Å². The molecule has 6 nitrogen and oxygen atoms in total. The van der Waals surface area contributed by atoms with Crippen molar-refractivity contribution in [1.29, 1.82) is 5.26 Å². The molecule has 0 heterocycles. The second-order valence-electron chi connectivity index (χ2n) is 5.90. The summed E-state index contributed by atoms with van der Waals surface area (Å²) in [7, 11) is 1.60. The predicted molar refractivity (Wildman–Crippen MR) is 96.1 cm³/mol. The molecule has 0 radical (unpaired) electrons. The molecular formula is C20H18N2O4. The number of benzene rings is 2. The molecule has 1 fully saturated rings. The number of aliphatic hydroxyl groups excluding tert-OH is 1. The van der Waals surface area contributed by atoms with Crippen LogP contribution in [0.4, 0.5) is 5.69 Å². The average molecular weight is 350 g/mol. The molecule has 26 heavy (non-hydrogen) atoms. The molecule has 0 saturated heterocycles. The first-order valence-electron chi connectivity index (χ1n) is 8.17. The molecule has 1 aliphatic carbocycles. The van der Waals surface area contributed by atoms with E-state index in [-0.39, 0.29) is 17.3 Å². The van der Waals surface area contributed by atoms with Gasteiger partial charge in [-0.05, 0) is 61.4 Å². The third-order valence-corrected chi connectivity index (χ3v) is 3.97. The van der Waals surface area contributed by atoms with E-state index in [1.807, 2.05) is 0 Å². The Hall–Kier alpha value is -3.46. The Balaban J connectivity index is 1.64. The number of nitrogens with one attached hydrogen (secondary N) is 1. The molecule has 132 valence electrons. The van der Waals surface area contributed by atoms with Gasteiger partial charge in [0.1, 0.15) is 29.1 Å². The van der Waals surface area contributed by atoms with Gasteiger partial charge in [-0.25, -0.2) is 0 Å². The van der Waals surface area contributed by atoms with Crippen LogP contribution in [0, 0.1) is 17.2 Å². The molecular weight excluding hydrogens is 332 g/mol. The third kappa shape index (κ3) is 4.14.